The van der Waals surface area contributed by atoms with E-state index in [1.165, 1.54) is 37.0 Å². The van der Waals surface area contributed by atoms with E-state index in [1.807, 2.05) is 32.0 Å². The Kier molecular flexibility index (Phi) is 3.84. The molecule has 2 amide bonds. The molecule has 3 rings (SSSR count). The Labute approximate surface area is 132 Å². The van der Waals surface area contributed by atoms with Crippen molar-refractivity contribution in [1.82, 2.24) is 4.90 Å². The van der Waals surface area contributed by atoms with Gasteiger partial charge >= 0.3 is 0 Å². The van der Waals surface area contributed by atoms with Gasteiger partial charge in [0.15, 0.2) is 0 Å². The summed E-state index contributed by atoms with van der Waals surface area (Å²) in [6.07, 6.45) is 7.13. The van der Waals surface area contributed by atoms with Crippen molar-refractivity contribution < 1.29 is 9.59 Å². The van der Waals surface area contributed by atoms with Crippen LogP contribution in [-0.4, -0.2) is 23.8 Å². The van der Waals surface area contributed by atoms with Gasteiger partial charge in [-0.05, 0) is 37.8 Å². The average molecular weight is 299 g/mol. The summed E-state index contributed by atoms with van der Waals surface area (Å²) < 4.78 is 0. The van der Waals surface area contributed by atoms with Gasteiger partial charge in [0.05, 0.1) is 5.41 Å². The second-order valence-corrected chi connectivity index (χ2v) is 7.26. The molecule has 1 aliphatic carbocycles. The van der Waals surface area contributed by atoms with Crippen LogP contribution in [0.5, 0.6) is 0 Å². The maximum absolute atomic E-state index is 12.9. The van der Waals surface area contributed by atoms with E-state index in [0.29, 0.717) is 11.5 Å². The van der Waals surface area contributed by atoms with Crippen LogP contribution in [0.4, 0.5) is 0 Å². The summed E-state index contributed by atoms with van der Waals surface area (Å²) in [5, 5.41) is 0. The Bertz CT molecular complexity index is 616. The SMILES string of the molecule is Cc1ccc2c(c1)C(C)(CC1CCCCC1)C(=O)N(C)C2=O. The third kappa shape index (κ3) is 2.37. The molecule has 118 valence electrons. The number of rotatable bonds is 2. The molecule has 1 heterocycles. The molecule has 0 bridgehead atoms. The minimum Gasteiger partial charge on any atom is -0.281 e. The number of imide groups is 1. The number of nitrogens with zero attached hydrogens (tertiary/aromatic N) is 1. The van der Waals surface area contributed by atoms with Gasteiger partial charge in [0.2, 0.25) is 5.91 Å². The first-order chi connectivity index (χ1) is 10.4. The van der Waals surface area contributed by atoms with Crippen molar-refractivity contribution in [3.8, 4) is 0 Å². The fourth-order valence-corrected chi connectivity index (χ4v) is 4.23. The molecule has 1 atom stereocenters. The second-order valence-electron chi connectivity index (χ2n) is 7.26. The normalized spacial score (nSPS) is 26.2. The minimum atomic E-state index is -0.563. The van der Waals surface area contributed by atoms with Crippen molar-refractivity contribution in [2.75, 3.05) is 7.05 Å². The Balaban J connectivity index is 2.04. The molecule has 1 aromatic rings. The number of hydrogen-bond donors (Lipinski definition) is 0. The second kappa shape index (κ2) is 5.53. The first-order valence-corrected chi connectivity index (χ1v) is 8.37. The molecule has 1 saturated carbocycles. The van der Waals surface area contributed by atoms with Crippen LogP contribution < -0.4 is 0 Å². The quantitative estimate of drug-likeness (QED) is 0.778. The van der Waals surface area contributed by atoms with Crippen LogP contribution in [-0.2, 0) is 10.2 Å². The third-order valence-corrected chi connectivity index (χ3v) is 5.50. The Morgan fingerprint density at radius 3 is 2.55 bits per heavy atom. The van der Waals surface area contributed by atoms with E-state index in [1.54, 1.807) is 7.05 Å². The topological polar surface area (TPSA) is 37.4 Å². The van der Waals surface area contributed by atoms with Crippen LogP contribution in [0.15, 0.2) is 18.2 Å². The minimum absolute atomic E-state index is 0.0406. The summed E-state index contributed by atoms with van der Waals surface area (Å²) in [5.74, 6) is 0.389. The van der Waals surface area contributed by atoms with Gasteiger partial charge in [-0.3, -0.25) is 14.5 Å². The predicted octanol–water partition coefficient (Wildman–Crippen LogP) is 3.84. The predicted molar refractivity (Wildman–Crippen MR) is 86.8 cm³/mol. The zero-order valence-electron chi connectivity index (χ0n) is 13.8. The highest BCUT2D eigenvalue weighted by atomic mass is 16.2. The smallest absolute Gasteiger partial charge is 0.260 e. The first-order valence-electron chi connectivity index (χ1n) is 8.37. The number of benzene rings is 1. The van der Waals surface area contributed by atoms with Gasteiger partial charge in [-0.25, -0.2) is 0 Å². The maximum Gasteiger partial charge on any atom is 0.260 e. The van der Waals surface area contributed by atoms with Crippen molar-refractivity contribution in [3.05, 3.63) is 34.9 Å². The standard InChI is InChI=1S/C19H25NO2/c1-13-9-10-15-16(11-13)19(2,18(22)20(3)17(15)21)12-14-7-5-4-6-8-14/h9-11,14H,4-8,12H2,1-3H3. The summed E-state index contributed by atoms with van der Waals surface area (Å²) in [6.45, 7) is 4.06. The van der Waals surface area contributed by atoms with Crippen molar-refractivity contribution in [3.63, 3.8) is 0 Å². The highest BCUT2D eigenvalue weighted by Gasteiger charge is 2.47. The van der Waals surface area contributed by atoms with Crippen LogP contribution in [0.3, 0.4) is 0 Å². The number of likely N-dealkylation sites (N-methyl/N-ethyl adjacent to an activating group) is 1. The third-order valence-electron chi connectivity index (χ3n) is 5.50. The number of amides is 2. The molecule has 1 unspecified atom stereocenters. The van der Waals surface area contributed by atoms with E-state index in [4.69, 9.17) is 0 Å². The van der Waals surface area contributed by atoms with E-state index in [-0.39, 0.29) is 11.8 Å². The highest BCUT2D eigenvalue weighted by Crippen LogP contribution is 2.42. The summed E-state index contributed by atoms with van der Waals surface area (Å²) in [6, 6.07) is 5.89. The van der Waals surface area contributed by atoms with E-state index in [0.717, 1.165) is 17.5 Å². The monoisotopic (exact) mass is 299 g/mol. The number of aryl methyl sites for hydroxylation is 1. The molecule has 2 aliphatic rings. The summed E-state index contributed by atoms with van der Waals surface area (Å²) in [7, 11) is 1.62. The zero-order chi connectivity index (χ0) is 15.9. The zero-order valence-corrected chi connectivity index (χ0v) is 13.8. The van der Waals surface area contributed by atoms with Crippen molar-refractivity contribution in [2.45, 2.75) is 57.8 Å². The van der Waals surface area contributed by atoms with Crippen molar-refractivity contribution in [2.24, 2.45) is 5.92 Å². The van der Waals surface area contributed by atoms with Crippen LogP contribution >= 0.6 is 0 Å². The lowest BCUT2D eigenvalue weighted by molar-refractivity contribution is -0.134. The van der Waals surface area contributed by atoms with E-state index in [9.17, 15) is 9.59 Å². The molecule has 0 spiro atoms. The molecule has 22 heavy (non-hydrogen) atoms. The average Bonchev–Trinajstić information content (AvgIpc) is 2.52. The Hall–Kier alpha value is -1.64. The van der Waals surface area contributed by atoms with Crippen LogP contribution in [0.1, 0.15) is 66.9 Å². The molecule has 3 nitrogen and oxygen atoms in total. The molecule has 0 radical (unpaired) electrons. The number of hydrogen-bond acceptors (Lipinski definition) is 2. The lowest BCUT2D eigenvalue weighted by Gasteiger charge is -2.41. The van der Waals surface area contributed by atoms with Crippen molar-refractivity contribution in [1.29, 1.82) is 0 Å². The van der Waals surface area contributed by atoms with Gasteiger partial charge in [-0.2, -0.15) is 0 Å². The van der Waals surface area contributed by atoms with Crippen molar-refractivity contribution >= 4 is 11.8 Å². The number of carbonyl (C=O) groups excluding carboxylic acids is 2. The fraction of sp³-hybridized carbons (Fsp3) is 0.579. The van der Waals surface area contributed by atoms with Crippen LogP contribution in [0.25, 0.3) is 0 Å². The summed E-state index contributed by atoms with van der Waals surface area (Å²) in [5.41, 5.74) is 2.18. The first kappa shape index (κ1) is 15.3. The molecule has 0 aromatic heterocycles. The van der Waals surface area contributed by atoms with Gasteiger partial charge in [0.1, 0.15) is 0 Å². The lowest BCUT2D eigenvalue weighted by atomic mass is 9.68. The summed E-state index contributed by atoms with van der Waals surface area (Å²) >= 11 is 0. The molecule has 0 saturated heterocycles. The molecular formula is C19H25NO2. The largest absolute Gasteiger partial charge is 0.281 e. The van der Waals surface area contributed by atoms with E-state index >= 15 is 0 Å². The van der Waals surface area contributed by atoms with E-state index < -0.39 is 5.41 Å². The van der Waals surface area contributed by atoms with Gasteiger partial charge in [-0.15, -0.1) is 0 Å². The van der Waals surface area contributed by atoms with Gasteiger partial charge in [-0.1, -0.05) is 49.8 Å². The van der Waals surface area contributed by atoms with Gasteiger partial charge in [0, 0.05) is 12.6 Å². The van der Waals surface area contributed by atoms with E-state index in [2.05, 4.69) is 0 Å². The van der Waals surface area contributed by atoms with Gasteiger partial charge < -0.3 is 0 Å². The van der Waals surface area contributed by atoms with Crippen LogP contribution in [0, 0.1) is 12.8 Å². The number of carbonyl (C=O) groups is 2. The lowest BCUT2D eigenvalue weighted by Crippen LogP contribution is -2.52. The summed E-state index contributed by atoms with van der Waals surface area (Å²) in [4.78, 5) is 26.7. The van der Waals surface area contributed by atoms with Gasteiger partial charge in [0.25, 0.3) is 5.91 Å². The highest BCUT2D eigenvalue weighted by molar-refractivity contribution is 6.12. The molecular weight excluding hydrogens is 274 g/mol. The molecule has 0 N–H and O–H groups in total. The fourth-order valence-electron chi connectivity index (χ4n) is 4.23. The molecule has 1 aromatic carbocycles. The molecule has 3 heteroatoms. The molecule has 1 aliphatic heterocycles. The Morgan fingerprint density at radius 2 is 1.86 bits per heavy atom. The Morgan fingerprint density at radius 1 is 1.18 bits per heavy atom. The van der Waals surface area contributed by atoms with Crippen LogP contribution in [0.2, 0.25) is 0 Å². The number of fused-ring (bicyclic) bond motifs is 1. The maximum atomic E-state index is 12.9. The molecule has 1 fully saturated rings.